The van der Waals surface area contributed by atoms with Crippen molar-refractivity contribution in [2.75, 3.05) is 18.4 Å². The highest BCUT2D eigenvalue weighted by molar-refractivity contribution is 5.92. The second kappa shape index (κ2) is 5.04. The third-order valence-electron chi connectivity index (χ3n) is 4.61. The first-order chi connectivity index (χ1) is 11.1. The van der Waals surface area contributed by atoms with Crippen LogP contribution in [0.4, 0.5) is 5.95 Å². The first-order valence-electron chi connectivity index (χ1n) is 7.96. The fourth-order valence-corrected chi connectivity index (χ4v) is 3.57. The van der Waals surface area contributed by atoms with Crippen LogP contribution in [0.1, 0.15) is 42.5 Å². The molecule has 2 aliphatic rings. The van der Waals surface area contributed by atoms with Crippen molar-refractivity contribution >= 4 is 11.9 Å². The molecule has 0 saturated carbocycles. The van der Waals surface area contributed by atoms with Gasteiger partial charge in [-0.3, -0.25) is 9.78 Å². The number of hydrogen-bond donors (Lipinski definition) is 1. The first kappa shape index (κ1) is 14.2. The number of anilines is 1. The van der Waals surface area contributed by atoms with E-state index in [9.17, 15) is 4.79 Å². The zero-order chi connectivity index (χ0) is 16.0. The molecule has 23 heavy (non-hydrogen) atoms. The smallest absolute Gasteiger partial charge is 0.294 e. The van der Waals surface area contributed by atoms with Crippen LogP contribution in [0.3, 0.4) is 0 Å². The molecule has 4 rings (SSSR count). The van der Waals surface area contributed by atoms with Crippen LogP contribution in [0.5, 0.6) is 0 Å². The number of carbonyl (C=O) groups excluding carboxylic acids is 1. The van der Waals surface area contributed by atoms with Gasteiger partial charge in [0.1, 0.15) is 0 Å². The van der Waals surface area contributed by atoms with Gasteiger partial charge in [-0.1, -0.05) is 13.8 Å². The molecule has 0 radical (unpaired) electrons. The standard InChI is InChI=1S/C16H20N6O/c1-16(2)10-21(12(16)11-4-7-17-8-5-11)14(23)13-19-15-18-6-3-9-22(15)20-13/h4-5,7-8,12H,3,6,9-10H2,1-2H3,(H,18,19,20). The Hall–Kier alpha value is -2.44. The summed E-state index contributed by atoms with van der Waals surface area (Å²) < 4.78 is 1.78. The van der Waals surface area contributed by atoms with Crippen molar-refractivity contribution in [2.24, 2.45) is 5.41 Å². The van der Waals surface area contributed by atoms with Gasteiger partial charge in [-0.25, -0.2) is 4.68 Å². The molecular formula is C16H20N6O. The van der Waals surface area contributed by atoms with Crippen LogP contribution in [-0.4, -0.2) is 43.6 Å². The molecule has 0 spiro atoms. The molecule has 2 aromatic rings. The van der Waals surface area contributed by atoms with Crippen LogP contribution in [0.2, 0.25) is 0 Å². The topological polar surface area (TPSA) is 75.9 Å². The van der Waals surface area contributed by atoms with E-state index >= 15 is 0 Å². The van der Waals surface area contributed by atoms with E-state index in [0.717, 1.165) is 25.1 Å². The van der Waals surface area contributed by atoms with Gasteiger partial charge in [-0.05, 0) is 24.1 Å². The van der Waals surface area contributed by atoms with Gasteiger partial charge in [0.2, 0.25) is 11.8 Å². The van der Waals surface area contributed by atoms with Gasteiger partial charge >= 0.3 is 0 Å². The van der Waals surface area contributed by atoms with Gasteiger partial charge in [0.05, 0.1) is 6.04 Å². The second-order valence-electron chi connectivity index (χ2n) is 6.87. The van der Waals surface area contributed by atoms with Crippen LogP contribution in [-0.2, 0) is 6.54 Å². The van der Waals surface area contributed by atoms with E-state index < -0.39 is 0 Å². The summed E-state index contributed by atoms with van der Waals surface area (Å²) >= 11 is 0. The third kappa shape index (κ3) is 2.27. The lowest BCUT2D eigenvalue weighted by atomic mass is 9.72. The summed E-state index contributed by atoms with van der Waals surface area (Å²) in [4.78, 5) is 23.2. The number of amides is 1. The zero-order valence-electron chi connectivity index (χ0n) is 13.4. The van der Waals surface area contributed by atoms with Crippen molar-refractivity contribution in [3.63, 3.8) is 0 Å². The molecule has 1 unspecified atom stereocenters. The number of likely N-dealkylation sites (tertiary alicyclic amines) is 1. The minimum Gasteiger partial charge on any atom is -0.354 e. The number of aromatic nitrogens is 4. The number of nitrogens with one attached hydrogen (secondary N) is 1. The number of fused-ring (bicyclic) bond motifs is 1. The molecule has 0 aliphatic carbocycles. The Bertz CT molecular complexity index is 715. The predicted molar refractivity (Wildman–Crippen MR) is 84.9 cm³/mol. The Morgan fingerprint density at radius 3 is 2.83 bits per heavy atom. The zero-order valence-corrected chi connectivity index (χ0v) is 13.4. The molecule has 0 aromatic carbocycles. The van der Waals surface area contributed by atoms with Gasteiger partial charge < -0.3 is 10.2 Å². The highest BCUT2D eigenvalue weighted by Gasteiger charge is 2.49. The number of nitrogens with zero attached hydrogens (tertiary/aromatic N) is 5. The maximum Gasteiger partial charge on any atom is 0.294 e. The van der Waals surface area contributed by atoms with Gasteiger partial charge in [0.25, 0.3) is 5.91 Å². The lowest BCUT2D eigenvalue weighted by Crippen LogP contribution is -2.58. The van der Waals surface area contributed by atoms with Gasteiger partial charge in [0, 0.05) is 37.4 Å². The summed E-state index contributed by atoms with van der Waals surface area (Å²) in [6, 6.07) is 3.98. The Morgan fingerprint density at radius 2 is 2.13 bits per heavy atom. The average molecular weight is 312 g/mol. The minimum absolute atomic E-state index is 0.0338. The van der Waals surface area contributed by atoms with Crippen LogP contribution in [0.25, 0.3) is 0 Å². The Kier molecular flexibility index (Phi) is 3.11. The molecule has 7 heteroatoms. The van der Waals surface area contributed by atoms with E-state index in [0.29, 0.717) is 12.5 Å². The molecule has 2 aromatic heterocycles. The molecule has 1 atom stereocenters. The molecule has 1 N–H and O–H groups in total. The van der Waals surface area contributed by atoms with Crippen molar-refractivity contribution in [3.05, 3.63) is 35.9 Å². The van der Waals surface area contributed by atoms with Crippen LogP contribution in [0.15, 0.2) is 24.5 Å². The number of aryl methyl sites for hydroxylation is 1. The summed E-state index contributed by atoms with van der Waals surface area (Å²) in [5.41, 5.74) is 1.14. The Morgan fingerprint density at radius 1 is 1.35 bits per heavy atom. The summed E-state index contributed by atoms with van der Waals surface area (Å²) in [5.74, 6) is 0.874. The molecule has 120 valence electrons. The lowest BCUT2D eigenvalue weighted by Gasteiger charge is -2.54. The molecule has 1 saturated heterocycles. The molecule has 1 fully saturated rings. The minimum atomic E-state index is -0.102. The van der Waals surface area contributed by atoms with Gasteiger partial charge in [-0.15, -0.1) is 5.10 Å². The molecule has 2 aliphatic heterocycles. The van der Waals surface area contributed by atoms with E-state index in [1.54, 1.807) is 17.1 Å². The molecule has 1 amide bonds. The van der Waals surface area contributed by atoms with Crippen LogP contribution >= 0.6 is 0 Å². The Labute approximate surface area is 134 Å². The van der Waals surface area contributed by atoms with Crippen molar-refractivity contribution in [1.82, 2.24) is 24.6 Å². The average Bonchev–Trinajstić information content (AvgIpc) is 2.97. The first-order valence-corrected chi connectivity index (χ1v) is 7.96. The number of rotatable bonds is 2. The maximum atomic E-state index is 12.9. The van der Waals surface area contributed by atoms with E-state index in [1.165, 1.54) is 0 Å². The van der Waals surface area contributed by atoms with Crippen molar-refractivity contribution < 1.29 is 4.79 Å². The maximum absolute atomic E-state index is 12.9. The summed E-state index contributed by atoms with van der Waals surface area (Å²) in [5, 5.41) is 7.55. The SMILES string of the molecule is CC1(C)CN(C(=O)c2nc3n(n2)CCCN3)C1c1ccncc1. The monoisotopic (exact) mass is 312 g/mol. The summed E-state index contributed by atoms with van der Waals surface area (Å²) in [6.07, 6.45) is 4.54. The van der Waals surface area contributed by atoms with Gasteiger partial charge in [-0.2, -0.15) is 4.98 Å². The van der Waals surface area contributed by atoms with E-state index in [2.05, 4.69) is 34.2 Å². The molecule has 4 heterocycles. The van der Waals surface area contributed by atoms with Gasteiger partial charge in [0.15, 0.2) is 0 Å². The highest BCUT2D eigenvalue weighted by Crippen LogP contribution is 2.48. The molecule has 7 nitrogen and oxygen atoms in total. The van der Waals surface area contributed by atoms with Crippen molar-refractivity contribution in [1.29, 1.82) is 0 Å². The third-order valence-corrected chi connectivity index (χ3v) is 4.61. The fraction of sp³-hybridized carbons (Fsp3) is 0.500. The quantitative estimate of drug-likeness (QED) is 0.913. The number of pyridine rings is 1. The summed E-state index contributed by atoms with van der Waals surface area (Å²) in [7, 11) is 0. The fourth-order valence-electron chi connectivity index (χ4n) is 3.57. The highest BCUT2D eigenvalue weighted by atomic mass is 16.2. The lowest BCUT2D eigenvalue weighted by molar-refractivity contribution is -0.0331. The van der Waals surface area contributed by atoms with Crippen LogP contribution in [0, 0.1) is 5.41 Å². The molecule has 0 bridgehead atoms. The normalized spacial score (nSPS) is 22.0. The van der Waals surface area contributed by atoms with E-state index in [-0.39, 0.29) is 23.2 Å². The Balaban J connectivity index is 1.62. The second-order valence-corrected chi connectivity index (χ2v) is 6.87. The van der Waals surface area contributed by atoms with Crippen molar-refractivity contribution in [3.8, 4) is 0 Å². The predicted octanol–water partition coefficient (Wildman–Crippen LogP) is 1.71. The van der Waals surface area contributed by atoms with Crippen molar-refractivity contribution in [2.45, 2.75) is 32.9 Å². The molecular weight excluding hydrogens is 292 g/mol. The summed E-state index contributed by atoms with van der Waals surface area (Å²) in [6.45, 7) is 6.74. The van der Waals surface area contributed by atoms with E-state index in [4.69, 9.17) is 0 Å². The number of carbonyl (C=O) groups is 1. The largest absolute Gasteiger partial charge is 0.354 e. The van der Waals surface area contributed by atoms with Crippen LogP contribution < -0.4 is 5.32 Å². The van der Waals surface area contributed by atoms with E-state index in [1.807, 2.05) is 17.0 Å². The number of hydrogen-bond acceptors (Lipinski definition) is 5.